The number of aromatic nitrogens is 3. The molecule has 0 aliphatic carbocycles. The Bertz CT molecular complexity index is 732. The standard InChI is InChI=1S/C13H13N5O2/c14-8-1-2-11-9(5-8)10(6-16-11)13(19)15-4-3-12-17-7-18-20-12/h1-2,5-7,16H,3-4,14H2,(H,15,19). The Morgan fingerprint density at radius 3 is 3.15 bits per heavy atom. The van der Waals surface area contributed by atoms with E-state index in [-0.39, 0.29) is 5.91 Å². The second kappa shape index (κ2) is 5.04. The van der Waals surface area contributed by atoms with Crippen molar-refractivity contribution in [1.82, 2.24) is 20.4 Å². The number of aromatic amines is 1. The fourth-order valence-corrected chi connectivity index (χ4v) is 2.01. The molecule has 0 aliphatic rings. The van der Waals surface area contributed by atoms with Crippen LogP contribution in [0.5, 0.6) is 0 Å². The van der Waals surface area contributed by atoms with Crippen LogP contribution >= 0.6 is 0 Å². The van der Waals surface area contributed by atoms with Crippen LogP contribution in [0.2, 0.25) is 0 Å². The monoisotopic (exact) mass is 271 g/mol. The number of carbonyl (C=O) groups is 1. The van der Waals surface area contributed by atoms with Gasteiger partial charge in [0.25, 0.3) is 5.91 Å². The lowest BCUT2D eigenvalue weighted by atomic mass is 10.1. The molecule has 1 aromatic carbocycles. The molecule has 0 bridgehead atoms. The van der Waals surface area contributed by atoms with Gasteiger partial charge in [-0.3, -0.25) is 4.79 Å². The molecule has 0 aliphatic heterocycles. The minimum atomic E-state index is -0.165. The van der Waals surface area contributed by atoms with Crippen LogP contribution in [0, 0.1) is 0 Å². The van der Waals surface area contributed by atoms with Crippen LogP contribution in [-0.2, 0) is 6.42 Å². The van der Waals surface area contributed by atoms with E-state index in [1.54, 1.807) is 18.3 Å². The normalized spacial score (nSPS) is 10.8. The van der Waals surface area contributed by atoms with E-state index in [4.69, 9.17) is 10.3 Å². The number of nitrogens with zero attached hydrogens (tertiary/aromatic N) is 2. The zero-order chi connectivity index (χ0) is 13.9. The van der Waals surface area contributed by atoms with Crippen molar-refractivity contribution in [3.05, 3.63) is 42.2 Å². The van der Waals surface area contributed by atoms with Gasteiger partial charge in [-0.2, -0.15) is 4.98 Å². The first-order chi connectivity index (χ1) is 9.74. The predicted molar refractivity (Wildman–Crippen MR) is 73.0 cm³/mol. The predicted octanol–water partition coefficient (Wildman–Crippen LogP) is 1.11. The summed E-state index contributed by atoms with van der Waals surface area (Å²) in [4.78, 5) is 19.0. The molecule has 3 aromatic rings. The summed E-state index contributed by atoms with van der Waals surface area (Å²) in [7, 11) is 0. The van der Waals surface area contributed by atoms with Gasteiger partial charge in [-0.1, -0.05) is 5.16 Å². The molecule has 0 saturated heterocycles. The van der Waals surface area contributed by atoms with E-state index in [9.17, 15) is 4.79 Å². The van der Waals surface area contributed by atoms with Crippen LogP contribution in [0.15, 0.2) is 35.2 Å². The Morgan fingerprint density at radius 2 is 2.35 bits per heavy atom. The van der Waals surface area contributed by atoms with Crippen molar-refractivity contribution >= 4 is 22.5 Å². The Morgan fingerprint density at radius 1 is 1.45 bits per heavy atom. The van der Waals surface area contributed by atoms with E-state index in [0.29, 0.717) is 30.1 Å². The van der Waals surface area contributed by atoms with Crippen molar-refractivity contribution in [2.75, 3.05) is 12.3 Å². The van der Waals surface area contributed by atoms with Crippen LogP contribution in [0.4, 0.5) is 5.69 Å². The third kappa shape index (κ3) is 2.33. The topological polar surface area (TPSA) is 110 Å². The number of carbonyl (C=O) groups excluding carboxylic acids is 1. The van der Waals surface area contributed by atoms with E-state index in [1.165, 1.54) is 6.33 Å². The summed E-state index contributed by atoms with van der Waals surface area (Å²) in [6, 6.07) is 5.41. The molecule has 2 heterocycles. The number of amides is 1. The highest BCUT2D eigenvalue weighted by molar-refractivity contribution is 6.07. The van der Waals surface area contributed by atoms with Crippen molar-refractivity contribution in [2.24, 2.45) is 0 Å². The number of nitrogen functional groups attached to an aromatic ring is 1. The molecule has 3 rings (SSSR count). The van der Waals surface area contributed by atoms with Gasteiger partial charge in [0.1, 0.15) is 0 Å². The van der Waals surface area contributed by atoms with Gasteiger partial charge in [0, 0.05) is 35.8 Å². The summed E-state index contributed by atoms with van der Waals surface area (Å²) in [6.45, 7) is 0.427. The molecule has 0 unspecified atom stereocenters. The van der Waals surface area contributed by atoms with Crippen molar-refractivity contribution in [1.29, 1.82) is 0 Å². The average Bonchev–Trinajstić information content (AvgIpc) is 3.07. The van der Waals surface area contributed by atoms with Gasteiger partial charge >= 0.3 is 0 Å². The van der Waals surface area contributed by atoms with Crippen LogP contribution in [0.3, 0.4) is 0 Å². The molecule has 0 fully saturated rings. The number of fused-ring (bicyclic) bond motifs is 1. The summed E-state index contributed by atoms with van der Waals surface area (Å²) in [6.07, 6.45) is 3.50. The van der Waals surface area contributed by atoms with Gasteiger partial charge in [-0.05, 0) is 18.2 Å². The molecular weight excluding hydrogens is 258 g/mol. The highest BCUT2D eigenvalue weighted by Crippen LogP contribution is 2.20. The smallest absolute Gasteiger partial charge is 0.253 e. The van der Waals surface area contributed by atoms with E-state index in [0.717, 1.165) is 10.9 Å². The van der Waals surface area contributed by atoms with E-state index in [2.05, 4.69) is 20.4 Å². The van der Waals surface area contributed by atoms with Gasteiger partial charge < -0.3 is 20.6 Å². The number of rotatable bonds is 4. The van der Waals surface area contributed by atoms with E-state index >= 15 is 0 Å². The number of anilines is 1. The van der Waals surface area contributed by atoms with Crippen molar-refractivity contribution < 1.29 is 9.32 Å². The second-order valence-corrected chi connectivity index (χ2v) is 4.35. The van der Waals surface area contributed by atoms with Gasteiger partial charge in [0.2, 0.25) is 5.89 Å². The molecule has 0 spiro atoms. The van der Waals surface area contributed by atoms with E-state index in [1.807, 2.05) is 6.07 Å². The number of benzene rings is 1. The minimum Gasteiger partial charge on any atom is -0.399 e. The number of hydrogen-bond donors (Lipinski definition) is 3. The fourth-order valence-electron chi connectivity index (χ4n) is 2.01. The third-order valence-corrected chi connectivity index (χ3v) is 2.98. The summed E-state index contributed by atoms with van der Waals surface area (Å²) in [5, 5.41) is 7.12. The van der Waals surface area contributed by atoms with Crippen molar-refractivity contribution in [2.45, 2.75) is 6.42 Å². The summed E-state index contributed by atoms with van der Waals surface area (Å²) in [5.41, 5.74) is 7.81. The molecule has 20 heavy (non-hydrogen) atoms. The summed E-state index contributed by atoms with van der Waals surface area (Å²) >= 11 is 0. The molecule has 1 amide bonds. The Kier molecular flexibility index (Phi) is 3.08. The Balaban J connectivity index is 1.70. The molecule has 2 aromatic heterocycles. The largest absolute Gasteiger partial charge is 0.399 e. The lowest BCUT2D eigenvalue weighted by Gasteiger charge is -2.02. The summed E-state index contributed by atoms with van der Waals surface area (Å²) < 4.78 is 4.86. The molecule has 0 atom stereocenters. The lowest BCUT2D eigenvalue weighted by molar-refractivity contribution is 0.0955. The number of nitrogens with two attached hydrogens (primary N) is 1. The number of nitrogens with one attached hydrogen (secondary N) is 2. The SMILES string of the molecule is Nc1ccc2[nH]cc(C(=O)NCCc3ncno3)c2c1. The Hall–Kier alpha value is -2.83. The van der Waals surface area contributed by atoms with Crippen LogP contribution < -0.4 is 11.1 Å². The first-order valence-electron chi connectivity index (χ1n) is 6.14. The molecular formula is C13H13N5O2. The number of H-pyrrole nitrogens is 1. The maximum absolute atomic E-state index is 12.1. The highest BCUT2D eigenvalue weighted by atomic mass is 16.5. The fraction of sp³-hybridized carbons (Fsp3) is 0.154. The summed E-state index contributed by atoms with van der Waals surface area (Å²) in [5.74, 6) is 0.329. The first-order valence-corrected chi connectivity index (χ1v) is 6.14. The highest BCUT2D eigenvalue weighted by Gasteiger charge is 2.12. The van der Waals surface area contributed by atoms with Crippen LogP contribution in [0.25, 0.3) is 10.9 Å². The van der Waals surface area contributed by atoms with Gasteiger partial charge in [-0.25, -0.2) is 0 Å². The van der Waals surface area contributed by atoms with Crippen molar-refractivity contribution in [3.63, 3.8) is 0 Å². The minimum absolute atomic E-state index is 0.165. The van der Waals surface area contributed by atoms with Crippen LogP contribution in [0.1, 0.15) is 16.2 Å². The maximum Gasteiger partial charge on any atom is 0.253 e. The average molecular weight is 271 g/mol. The molecule has 7 heteroatoms. The van der Waals surface area contributed by atoms with Gasteiger partial charge in [0.05, 0.1) is 5.56 Å². The van der Waals surface area contributed by atoms with Gasteiger partial charge in [0.15, 0.2) is 6.33 Å². The number of hydrogen-bond acceptors (Lipinski definition) is 5. The zero-order valence-electron chi connectivity index (χ0n) is 10.6. The molecule has 7 nitrogen and oxygen atoms in total. The molecule has 0 saturated carbocycles. The maximum atomic E-state index is 12.1. The quantitative estimate of drug-likeness (QED) is 0.615. The third-order valence-electron chi connectivity index (χ3n) is 2.98. The van der Waals surface area contributed by atoms with Crippen molar-refractivity contribution in [3.8, 4) is 0 Å². The Labute approximate surface area is 114 Å². The molecule has 4 N–H and O–H groups in total. The second-order valence-electron chi connectivity index (χ2n) is 4.35. The zero-order valence-corrected chi connectivity index (χ0v) is 10.6. The van der Waals surface area contributed by atoms with Gasteiger partial charge in [-0.15, -0.1) is 0 Å². The molecule has 0 radical (unpaired) electrons. The van der Waals surface area contributed by atoms with Crippen LogP contribution in [-0.4, -0.2) is 27.6 Å². The lowest BCUT2D eigenvalue weighted by Crippen LogP contribution is -2.25. The molecule has 102 valence electrons. The first kappa shape index (κ1) is 12.2. The van der Waals surface area contributed by atoms with E-state index < -0.39 is 0 Å².